The molecule has 0 amide bonds. The van der Waals surface area contributed by atoms with Crippen LogP contribution >= 0.6 is 0 Å². The fraction of sp³-hybridized carbons (Fsp3) is 1.00. The Morgan fingerprint density at radius 3 is 2.00 bits per heavy atom. The summed E-state index contributed by atoms with van der Waals surface area (Å²) < 4.78 is 10.3. The van der Waals surface area contributed by atoms with Crippen molar-refractivity contribution in [3.8, 4) is 0 Å². The van der Waals surface area contributed by atoms with Gasteiger partial charge in [0, 0.05) is 14.2 Å². The molecule has 14 heavy (non-hydrogen) atoms. The normalized spacial score (nSPS) is 14.8. The molecule has 0 saturated carbocycles. The fourth-order valence-corrected chi connectivity index (χ4v) is 1.31. The van der Waals surface area contributed by atoms with Crippen molar-refractivity contribution in [2.75, 3.05) is 14.2 Å². The molecule has 0 rings (SSSR count). The van der Waals surface area contributed by atoms with Crippen molar-refractivity contribution in [2.24, 2.45) is 11.3 Å². The highest BCUT2D eigenvalue weighted by Gasteiger charge is 2.21. The molecule has 0 aliphatic rings. The van der Waals surface area contributed by atoms with Crippen LogP contribution in [0.25, 0.3) is 0 Å². The van der Waals surface area contributed by atoms with Gasteiger partial charge in [0.2, 0.25) is 0 Å². The molecule has 1 atom stereocenters. The number of hydrogen-bond donors (Lipinski definition) is 2. The van der Waals surface area contributed by atoms with E-state index in [0.717, 1.165) is 12.8 Å². The van der Waals surface area contributed by atoms with Crippen molar-refractivity contribution in [2.45, 2.75) is 45.9 Å². The Labute approximate surface area is 87.1 Å². The molecule has 0 fully saturated rings. The van der Waals surface area contributed by atoms with Crippen LogP contribution in [0.5, 0.6) is 0 Å². The lowest BCUT2D eigenvalue weighted by molar-refractivity contribution is -0.125. The van der Waals surface area contributed by atoms with Crippen molar-refractivity contribution in [3.63, 3.8) is 0 Å². The van der Waals surface area contributed by atoms with Crippen LogP contribution in [0.2, 0.25) is 0 Å². The lowest BCUT2D eigenvalue weighted by atomic mass is 9.88. The summed E-state index contributed by atoms with van der Waals surface area (Å²) in [5, 5.41) is 0. The first-order chi connectivity index (χ1) is 6.44. The molecule has 0 aromatic heterocycles. The summed E-state index contributed by atoms with van der Waals surface area (Å²) in [5.41, 5.74) is 3.03. The Bertz CT molecular complexity index is 142. The van der Waals surface area contributed by atoms with Crippen LogP contribution in [0.3, 0.4) is 0 Å². The maximum atomic E-state index is 5.44. The second kappa shape index (κ2) is 6.35. The van der Waals surface area contributed by atoms with Gasteiger partial charge in [-0.1, -0.05) is 20.8 Å². The second-order valence-electron chi connectivity index (χ2n) is 4.71. The molecule has 0 aromatic rings. The van der Waals surface area contributed by atoms with E-state index in [1.165, 1.54) is 0 Å². The Balaban J connectivity index is 4.01. The van der Waals surface area contributed by atoms with E-state index < -0.39 is 0 Å². The zero-order valence-electron chi connectivity index (χ0n) is 9.96. The third-order valence-electron chi connectivity index (χ3n) is 2.21. The minimum atomic E-state index is -0.276. The van der Waals surface area contributed by atoms with Gasteiger partial charge < -0.3 is 9.47 Å². The first-order valence-corrected chi connectivity index (χ1v) is 4.96. The number of rotatable bonds is 6. The monoisotopic (exact) mass is 204 g/mol. The minimum absolute atomic E-state index is 0.0456. The molecule has 0 saturated heterocycles. The maximum Gasteiger partial charge on any atom is 0.173 e. The predicted octanol–water partition coefficient (Wildman–Crippen LogP) is 1.26. The van der Waals surface area contributed by atoms with Gasteiger partial charge in [-0.3, -0.25) is 11.3 Å². The summed E-state index contributed by atoms with van der Waals surface area (Å²) in [6.07, 6.45) is 1.74. The average molecular weight is 204 g/mol. The second-order valence-corrected chi connectivity index (χ2v) is 4.71. The third-order valence-corrected chi connectivity index (χ3v) is 2.21. The molecular formula is C10H24N2O2. The highest BCUT2D eigenvalue weighted by molar-refractivity contribution is 4.72. The van der Waals surface area contributed by atoms with Gasteiger partial charge in [-0.05, 0) is 18.3 Å². The van der Waals surface area contributed by atoms with E-state index in [4.69, 9.17) is 15.3 Å². The molecule has 0 bridgehead atoms. The summed E-state index contributed by atoms with van der Waals surface area (Å²) in [6, 6.07) is 0.0456. The maximum absolute atomic E-state index is 5.44. The standard InChI is InChI=1S/C10H24N2O2/c1-10(2,3)7-6-8(12-11)9(13-4)14-5/h8-9,12H,6-7,11H2,1-5H3. The first-order valence-electron chi connectivity index (χ1n) is 4.96. The van der Waals surface area contributed by atoms with Gasteiger partial charge in [-0.25, -0.2) is 0 Å². The van der Waals surface area contributed by atoms with E-state index in [1.54, 1.807) is 14.2 Å². The van der Waals surface area contributed by atoms with Gasteiger partial charge in [0.25, 0.3) is 0 Å². The van der Waals surface area contributed by atoms with Gasteiger partial charge in [0.05, 0.1) is 6.04 Å². The molecule has 0 aromatic carbocycles. The summed E-state index contributed by atoms with van der Waals surface area (Å²) in [5.74, 6) is 5.44. The highest BCUT2D eigenvalue weighted by atomic mass is 16.7. The van der Waals surface area contributed by atoms with E-state index in [1.807, 2.05) is 0 Å². The van der Waals surface area contributed by atoms with E-state index in [2.05, 4.69) is 26.2 Å². The lowest BCUT2D eigenvalue weighted by Gasteiger charge is -2.27. The van der Waals surface area contributed by atoms with E-state index in [0.29, 0.717) is 5.41 Å². The van der Waals surface area contributed by atoms with Crippen LogP contribution in [0.15, 0.2) is 0 Å². The van der Waals surface area contributed by atoms with E-state index in [9.17, 15) is 0 Å². The molecular weight excluding hydrogens is 180 g/mol. The number of hydrogen-bond acceptors (Lipinski definition) is 4. The third kappa shape index (κ3) is 5.54. The van der Waals surface area contributed by atoms with Crippen LogP contribution in [0.1, 0.15) is 33.6 Å². The van der Waals surface area contributed by atoms with E-state index in [-0.39, 0.29) is 12.3 Å². The van der Waals surface area contributed by atoms with Gasteiger partial charge in [-0.15, -0.1) is 0 Å². The first kappa shape index (κ1) is 13.8. The topological polar surface area (TPSA) is 56.5 Å². The van der Waals surface area contributed by atoms with E-state index >= 15 is 0 Å². The van der Waals surface area contributed by atoms with Crippen molar-refractivity contribution < 1.29 is 9.47 Å². The molecule has 0 heterocycles. The minimum Gasteiger partial charge on any atom is -0.354 e. The van der Waals surface area contributed by atoms with Crippen molar-refractivity contribution in [1.82, 2.24) is 5.43 Å². The zero-order valence-corrected chi connectivity index (χ0v) is 9.96. The number of nitrogens with one attached hydrogen (secondary N) is 1. The zero-order chi connectivity index (χ0) is 11.2. The highest BCUT2D eigenvalue weighted by Crippen LogP contribution is 2.22. The summed E-state index contributed by atoms with van der Waals surface area (Å²) in [7, 11) is 3.24. The van der Waals surface area contributed by atoms with Gasteiger partial charge >= 0.3 is 0 Å². The number of hydrazine groups is 1. The van der Waals surface area contributed by atoms with Crippen molar-refractivity contribution >= 4 is 0 Å². The van der Waals surface area contributed by atoms with Crippen LogP contribution < -0.4 is 11.3 Å². The van der Waals surface area contributed by atoms with Crippen LogP contribution in [-0.4, -0.2) is 26.6 Å². The molecule has 3 N–H and O–H groups in total. The number of methoxy groups -OCH3 is 2. The van der Waals surface area contributed by atoms with Crippen molar-refractivity contribution in [3.05, 3.63) is 0 Å². The molecule has 0 aliphatic heterocycles. The van der Waals surface area contributed by atoms with Crippen LogP contribution in [-0.2, 0) is 9.47 Å². The van der Waals surface area contributed by atoms with Gasteiger partial charge in [-0.2, -0.15) is 0 Å². The Morgan fingerprint density at radius 1 is 1.21 bits per heavy atom. The molecule has 4 heteroatoms. The SMILES string of the molecule is COC(OC)C(CCC(C)(C)C)NN. The smallest absolute Gasteiger partial charge is 0.173 e. The number of ether oxygens (including phenoxy) is 2. The van der Waals surface area contributed by atoms with Crippen LogP contribution in [0, 0.1) is 5.41 Å². The molecule has 0 aliphatic carbocycles. The van der Waals surface area contributed by atoms with Gasteiger partial charge in [0.1, 0.15) is 0 Å². The Morgan fingerprint density at radius 2 is 1.71 bits per heavy atom. The average Bonchev–Trinajstić information content (AvgIpc) is 2.10. The molecule has 86 valence electrons. The predicted molar refractivity (Wildman–Crippen MR) is 57.6 cm³/mol. The lowest BCUT2D eigenvalue weighted by Crippen LogP contribution is -2.46. The number of nitrogens with two attached hydrogens (primary N) is 1. The Hall–Kier alpha value is -0.160. The quantitative estimate of drug-likeness (QED) is 0.388. The van der Waals surface area contributed by atoms with Gasteiger partial charge in [0.15, 0.2) is 6.29 Å². The van der Waals surface area contributed by atoms with Crippen LogP contribution in [0.4, 0.5) is 0 Å². The largest absolute Gasteiger partial charge is 0.354 e. The summed E-state index contributed by atoms with van der Waals surface area (Å²) >= 11 is 0. The molecule has 4 nitrogen and oxygen atoms in total. The van der Waals surface area contributed by atoms with Crippen molar-refractivity contribution in [1.29, 1.82) is 0 Å². The molecule has 0 radical (unpaired) electrons. The summed E-state index contributed by atoms with van der Waals surface area (Å²) in [6.45, 7) is 6.61. The Kier molecular flexibility index (Phi) is 6.27. The molecule has 0 spiro atoms. The molecule has 1 unspecified atom stereocenters. The summed E-state index contributed by atoms with van der Waals surface area (Å²) in [4.78, 5) is 0. The fourth-order valence-electron chi connectivity index (χ4n) is 1.31.